The minimum Gasteiger partial charge on any atom is -0.354 e. The zero-order valence-electron chi connectivity index (χ0n) is 15.2. The molecule has 1 aliphatic heterocycles. The summed E-state index contributed by atoms with van der Waals surface area (Å²) in [6.07, 6.45) is 1.06. The summed E-state index contributed by atoms with van der Waals surface area (Å²) in [6, 6.07) is 7.89. The highest BCUT2D eigenvalue weighted by molar-refractivity contribution is 5.85. The molecule has 0 aromatic heterocycles. The summed E-state index contributed by atoms with van der Waals surface area (Å²) in [5.74, 6) is 0.00469. The number of piperidine rings is 1. The van der Waals surface area contributed by atoms with Crippen LogP contribution in [0.1, 0.15) is 36.9 Å². The number of likely N-dealkylation sites (N-methyl/N-ethyl adjacent to an activating group) is 1. The second-order valence-electron chi connectivity index (χ2n) is 6.72. The third kappa shape index (κ3) is 4.15. The van der Waals surface area contributed by atoms with E-state index in [0.717, 1.165) is 17.7 Å². The van der Waals surface area contributed by atoms with E-state index in [4.69, 9.17) is 0 Å². The van der Waals surface area contributed by atoms with Crippen molar-refractivity contribution >= 4 is 11.8 Å². The van der Waals surface area contributed by atoms with Crippen LogP contribution in [0.25, 0.3) is 0 Å². The van der Waals surface area contributed by atoms with Gasteiger partial charge < -0.3 is 15.1 Å². The number of likely N-dealkylation sites (tertiary alicyclic amines) is 1. The van der Waals surface area contributed by atoms with Gasteiger partial charge in [-0.05, 0) is 45.5 Å². The van der Waals surface area contributed by atoms with Gasteiger partial charge in [0.05, 0.1) is 12.0 Å². The standard InChI is InChI=1S/C19H29N3O2/c1-5-22-17(23)11-10-16(19(24)20-12-13-21(3)4)18(22)15-9-7-6-8-14(15)2/h6-9,16,18H,5,10-13H2,1-4H3,(H,20,24)/t16-,18+/m1/s1. The summed E-state index contributed by atoms with van der Waals surface area (Å²) < 4.78 is 0. The molecule has 0 saturated carbocycles. The van der Waals surface area contributed by atoms with Crippen molar-refractivity contribution in [2.75, 3.05) is 33.7 Å². The fourth-order valence-corrected chi connectivity index (χ4v) is 3.44. The highest BCUT2D eigenvalue weighted by Gasteiger charge is 2.40. The molecule has 1 aliphatic rings. The molecule has 0 bridgehead atoms. The van der Waals surface area contributed by atoms with E-state index in [1.54, 1.807) is 0 Å². The van der Waals surface area contributed by atoms with E-state index in [-0.39, 0.29) is 23.8 Å². The van der Waals surface area contributed by atoms with E-state index >= 15 is 0 Å². The molecular weight excluding hydrogens is 302 g/mol. The maximum Gasteiger partial charge on any atom is 0.225 e. The molecule has 1 aromatic rings. The van der Waals surface area contributed by atoms with Gasteiger partial charge in [0.15, 0.2) is 0 Å². The Bertz CT molecular complexity index is 586. The maximum atomic E-state index is 12.8. The molecule has 1 N–H and O–H groups in total. The van der Waals surface area contributed by atoms with Crippen molar-refractivity contribution in [3.63, 3.8) is 0 Å². The molecule has 5 heteroatoms. The Kier molecular flexibility index (Phi) is 6.37. The fourth-order valence-electron chi connectivity index (χ4n) is 3.44. The average Bonchev–Trinajstić information content (AvgIpc) is 2.54. The quantitative estimate of drug-likeness (QED) is 0.867. The number of benzene rings is 1. The first kappa shape index (κ1) is 18.5. The van der Waals surface area contributed by atoms with Gasteiger partial charge in [0.1, 0.15) is 0 Å². The van der Waals surface area contributed by atoms with Gasteiger partial charge >= 0.3 is 0 Å². The number of nitrogens with one attached hydrogen (secondary N) is 1. The van der Waals surface area contributed by atoms with Crippen LogP contribution in [-0.4, -0.2) is 55.3 Å². The van der Waals surface area contributed by atoms with Crippen LogP contribution in [0.2, 0.25) is 0 Å². The van der Waals surface area contributed by atoms with Gasteiger partial charge in [-0.25, -0.2) is 0 Å². The second kappa shape index (κ2) is 8.29. The monoisotopic (exact) mass is 331 g/mol. The van der Waals surface area contributed by atoms with Gasteiger partial charge in [0, 0.05) is 26.1 Å². The van der Waals surface area contributed by atoms with Gasteiger partial charge in [-0.15, -0.1) is 0 Å². The Hall–Kier alpha value is -1.88. The van der Waals surface area contributed by atoms with Crippen molar-refractivity contribution < 1.29 is 9.59 Å². The van der Waals surface area contributed by atoms with E-state index in [1.165, 1.54) is 0 Å². The molecule has 0 unspecified atom stereocenters. The van der Waals surface area contributed by atoms with Crippen molar-refractivity contribution in [3.05, 3.63) is 35.4 Å². The molecule has 5 nitrogen and oxygen atoms in total. The molecule has 2 rings (SSSR count). The predicted molar refractivity (Wildman–Crippen MR) is 95.6 cm³/mol. The Morgan fingerprint density at radius 2 is 2.04 bits per heavy atom. The molecule has 1 heterocycles. The lowest BCUT2D eigenvalue weighted by Crippen LogP contribution is -2.48. The number of rotatable bonds is 6. The lowest BCUT2D eigenvalue weighted by molar-refractivity contribution is -0.143. The van der Waals surface area contributed by atoms with E-state index in [9.17, 15) is 9.59 Å². The molecule has 2 atom stereocenters. The molecule has 0 radical (unpaired) electrons. The summed E-state index contributed by atoms with van der Waals surface area (Å²) >= 11 is 0. The Morgan fingerprint density at radius 1 is 1.33 bits per heavy atom. The van der Waals surface area contributed by atoms with Gasteiger partial charge in [-0.3, -0.25) is 9.59 Å². The number of carbonyl (C=O) groups excluding carboxylic acids is 2. The maximum absolute atomic E-state index is 12.8. The largest absolute Gasteiger partial charge is 0.354 e. The minimum absolute atomic E-state index is 0.0519. The SMILES string of the molecule is CCN1C(=O)CC[C@@H](C(=O)NCCN(C)C)[C@@H]1c1ccccc1C. The van der Waals surface area contributed by atoms with Crippen LogP contribution in [-0.2, 0) is 9.59 Å². The van der Waals surface area contributed by atoms with Crippen molar-refractivity contribution in [2.45, 2.75) is 32.7 Å². The van der Waals surface area contributed by atoms with E-state index < -0.39 is 0 Å². The normalized spacial score (nSPS) is 21.2. The van der Waals surface area contributed by atoms with Gasteiger partial charge in [-0.1, -0.05) is 24.3 Å². The minimum atomic E-state index is -0.189. The second-order valence-corrected chi connectivity index (χ2v) is 6.72. The summed E-state index contributed by atoms with van der Waals surface area (Å²) in [5.41, 5.74) is 2.21. The topological polar surface area (TPSA) is 52.7 Å². The van der Waals surface area contributed by atoms with Crippen molar-refractivity contribution in [1.82, 2.24) is 15.1 Å². The molecule has 24 heavy (non-hydrogen) atoms. The first-order valence-corrected chi connectivity index (χ1v) is 8.73. The summed E-state index contributed by atoms with van der Waals surface area (Å²) in [6.45, 7) is 6.09. The molecule has 132 valence electrons. The van der Waals surface area contributed by atoms with Crippen LogP contribution < -0.4 is 5.32 Å². The van der Waals surface area contributed by atoms with E-state index in [2.05, 4.69) is 5.32 Å². The lowest BCUT2D eigenvalue weighted by Gasteiger charge is -2.41. The van der Waals surface area contributed by atoms with Crippen molar-refractivity contribution in [3.8, 4) is 0 Å². The van der Waals surface area contributed by atoms with Crippen LogP contribution in [0, 0.1) is 12.8 Å². The van der Waals surface area contributed by atoms with Crippen molar-refractivity contribution in [1.29, 1.82) is 0 Å². The predicted octanol–water partition coefficient (Wildman–Crippen LogP) is 1.97. The number of nitrogens with zero attached hydrogens (tertiary/aromatic N) is 2. The van der Waals surface area contributed by atoms with E-state index in [0.29, 0.717) is 25.9 Å². The highest BCUT2D eigenvalue weighted by Crippen LogP contribution is 2.38. The van der Waals surface area contributed by atoms with Crippen LogP contribution >= 0.6 is 0 Å². The Balaban J connectivity index is 2.25. The third-order valence-corrected chi connectivity index (χ3v) is 4.75. The van der Waals surface area contributed by atoms with Gasteiger partial charge in [-0.2, -0.15) is 0 Å². The van der Waals surface area contributed by atoms with Gasteiger partial charge in [0.2, 0.25) is 11.8 Å². The first-order valence-electron chi connectivity index (χ1n) is 8.73. The van der Waals surface area contributed by atoms with Crippen LogP contribution in [0.15, 0.2) is 24.3 Å². The Labute approximate surface area is 145 Å². The number of aryl methyl sites for hydroxylation is 1. The van der Waals surface area contributed by atoms with Crippen LogP contribution in [0.4, 0.5) is 0 Å². The molecule has 0 spiro atoms. The molecular formula is C19H29N3O2. The molecule has 2 amide bonds. The van der Waals surface area contributed by atoms with Crippen LogP contribution in [0.3, 0.4) is 0 Å². The van der Waals surface area contributed by atoms with Crippen molar-refractivity contribution in [2.24, 2.45) is 5.92 Å². The summed E-state index contributed by atoms with van der Waals surface area (Å²) in [7, 11) is 3.97. The summed E-state index contributed by atoms with van der Waals surface area (Å²) in [5, 5.41) is 3.04. The molecule has 1 saturated heterocycles. The number of hydrogen-bond acceptors (Lipinski definition) is 3. The molecule has 0 aliphatic carbocycles. The smallest absolute Gasteiger partial charge is 0.225 e. The molecule has 1 fully saturated rings. The third-order valence-electron chi connectivity index (χ3n) is 4.75. The average molecular weight is 331 g/mol. The zero-order valence-corrected chi connectivity index (χ0v) is 15.2. The zero-order chi connectivity index (χ0) is 17.7. The summed E-state index contributed by atoms with van der Waals surface area (Å²) in [4.78, 5) is 29.1. The van der Waals surface area contributed by atoms with Crippen LogP contribution in [0.5, 0.6) is 0 Å². The number of amides is 2. The highest BCUT2D eigenvalue weighted by atomic mass is 16.2. The Morgan fingerprint density at radius 3 is 2.67 bits per heavy atom. The number of carbonyl (C=O) groups is 2. The first-order chi connectivity index (χ1) is 11.5. The lowest BCUT2D eigenvalue weighted by atomic mass is 9.82. The fraction of sp³-hybridized carbons (Fsp3) is 0.579. The van der Waals surface area contributed by atoms with Gasteiger partial charge in [0.25, 0.3) is 0 Å². The molecule has 1 aromatic carbocycles. The number of hydrogen-bond donors (Lipinski definition) is 1. The van der Waals surface area contributed by atoms with E-state index in [1.807, 2.05) is 62.0 Å².